The van der Waals surface area contributed by atoms with Crippen molar-refractivity contribution in [2.24, 2.45) is 0 Å². The highest BCUT2D eigenvalue weighted by Crippen LogP contribution is 2.28. The molecule has 1 aromatic rings. The third kappa shape index (κ3) is 4.77. The van der Waals surface area contributed by atoms with Gasteiger partial charge in [0.2, 0.25) is 0 Å². The Kier molecular flexibility index (Phi) is 4.56. The second-order valence-corrected chi connectivity index (χ2v) is 4.06. The zero-order valence-corrected chi connectivity index (χ0v) is 10.6. The van der Waals surface area contributed by atoms with Crippen molar-refractivity contribution >= 4 is 21.7 Å². The number of carbonyl (C=O) groups excluding carboxylic acids is 1. The molecule has 1 rings (SSSR count). The van der Waals surface area contributed by atoms with Gasteiger partial charge in [-0.15, -0.1) is 13.2 Å². The molecule has 0 unspecified atom stereocenters. The van der Waals surface area contributed by atoms with Gasteiger partial charge >= 0.3 is 6.36 Å². The summed E-state index contributed by atoms with van der Waals surface area (Å²) in [5, 5.41) is 0.418. The quantitative estimate of drug-likeness (QED) is 0.794. The normalized spacial score (nSPS) is 11.4. The fraction of sp³-hybridized carbons (Fsp3) is 0.364. The Hall–Kier alpha value is -1.04. The minimum atomic E-state index is -4.75. The third-order valence-electron chi connectivity index (χ3n) is 1.95. The molecule has 0 aliphatic heterocycles. The number of hydrogen-bond donors (Lipinski definition) is 0. The lowest BCUT2D eigenvalue weighted by molar-refractivity contribution is -0.274. The molecule has 0 atom stereocenters. The number of alkyl halides is 4. The molecule has 0 bridgehead atoms. The van der Waals surface area contributed by atoms with E-state index in [0.717, 1.165) is 0 Å². The molecule has 1 aromatic carbocycles. The standard InChI is InChI=1S/C11H10BrF3O2/c1-7(16)4-9-3-2-8(6-12)5-10(9)17-11(13,14)15/h2-3,5H,4,6H2,1H3. The molecule has 0 spiro atoms. The van der Waals surface area contributed by atoms with Gasteiger partial charge in [0.1, 0.15) is 11.5 Å². The van der Waals surface area contributed by atoms with Crippen LogP contribution < -0.4 is 4.74 Å². The summed E-state index contributed by atoms with van der Waals surface area (Å²) < 4.78 is 40.4. The van der Waals surface area contributed by atoms with E-state index in [4.69, 9.17) is 0 Å². The first-order chi connectivity index (χ1) is 7.81. The molecule has 17 heavy (non-hydrogen) atoms. The van der Waals surface area contributed by atoms with Crippen molar-refractivity contribution in [2.45, 2.75) is 25.0 Å². The lowest BCUT2D eigenvalue weighted by atomic mass is 10.1. The van der Waals surface area contributed by atoms with E-state index in [1.165, 1.54) is 19.1 Å². The van der Waals surface area contributed by atoms with Crippen LogP contribution in [0.15, 0.2) is 18.2 Å². The summed E-state index contributed by atoms with van der Waals surface area (Å²) >= 11 is 3.14. The summed E-state index contributed by atoms with van der Waals surface area (Å²) in [4.78, 5) is 10.9. The van der Waals surface area contributed by atoms with E-state index in [-0.39, 0.29) is 23.5 Å². The van der Waals surface area contributed by atoms with Crippen molar-refractivity contribution in [2.75, 3.05) is 0 Å². The number of ketones is 1. The van der Waals surface area contributed by atoms with E-state index in [1.54, 1.807) is 6.07 Å². The SMILES string of the molecule is CC(=O)Cc1ccc(CBr)cc1OC(F)(F)F. The summed E-state index contributed by atoms with van der Waals surface area (Å²) in [6.07, 6.45) is -4.83. The van der Waals surface area contributed by atoms with E-state index in [9.17, 15) is 18.0 Å². The molecule has 0 amide bonds. The predicted molar refractivity (Wildman–Crippen MR) is 60.1 cm³/mol. The first-order valence-electron chi connectivity index (χ1n) is 4.75. The first-order valence-corrected chi connectivity index (χ1v) is 5.87. The average Bonchev–Trinajstić information content (AvgIpc) is 2.17. The second kappa shape index (κ2) is 5.53. The topological polar surface area (TPSA) is 26.3 Å². The van der Waals surface area contributed by atoms with Gasteiger partial charge in [-0.1, -0.05) is 28.1 Å². The summed E-state index contributed by atoms with van der Waals surface area (Å²) in [6.45, 7) is 1.32. The van der Waals surface area contributed by atoms with Crippen molar-refractivity contribution in [3.63, 3.8) is 0 Å². The van der Waals surface area contributed by atoms with Gasteiger partial charge in [0.15, 0.2) is 0 Å². The van der Waals surface area contributed by atoms with Crippen LogP contribution in [0.1, 0.15) is 18.1 Å². The molecule has 6 heteroatoms. The molecule has 0 saturated heterocycles. The van der Waals surface area contributed by atoms with Gasteiger partial charge in [-0.25, -0.2) is 0 Å². The van der Waals surface area contributed by atoms with Crippen LogP contribution in [0.2, 0.25) is 0 Å². The number of rotatable bonds is 4. The fourth-order valence-corrected chi connectivity index (χ4v) is 1.66. The maximum atomic E-state index is 12.2. The van der Waals surface area contributed by atoms with Crippen LogP contribution in [-0.4, -0.2) is 12.1 Å². The van der Waals surface area contributed by atoms with Gasteiger partial charge in [-0.3, -0.25) is 4.79 Å². The highest BCUT2D eigenvalue weighted by Gasteiger charge is 2.32. The van der Waals surface area contributed by atoms with E-state index in [1.807, 2.05) is 0 Å². The Balaban J connectivity index is 3.07. The number of carbonyl (C=O) groups is 1. The van der Waals surface area contributed by atoms with Crippen molar-refractivity contribution in [3.8, 4) is 5.75 Å². The number of benzene rings is 1. The molecule has 0 aliphatic carbocycles. The van der Waals surface area contributed by atoms with Gasteiger partial charge in [-0.05, 0) is 18.6 Å². The maximum Gasteiger partial charge on any atom is 0.573 e. The van der Waals surface area contributed by atoms with Crippen LogP contribution in [0.3, 0.4) is 0 Å². The molecule has 0 heterocycles. The maximum absolute atomic E-state index is 12.2. The van der Waals surface area contributed by atoms with Gasteiger partial charge in [0.25, 0.3) is 0 Å². The zero-order valence-electron chi connectivity index (χ0n) is 8.97. The van der Waals surface area contributed by atoms with Gasteiger partial charge in [0.05, 0.1) is 0 Å². The van der Waals surface area contributed by atoms with Crippen LogP contribution in [0.25, 0.3) is 0 Å². The summed E-state index contributed by atoms with van der Waals surface area (Å²) in [6, 6.07) is 4.40. The van der Waals surface area contributed by atoms with Gasteiger partial charge in [0, 0.05) is 17.3 Å². The molecule has 94 valence electrons. The molecule has 2 nitrogen and oxygen atoms in total. The van der Waals surface area contributed by atoms with Crippen molar-refractivity contribution in [1.29, 1.82) is 0 Å². The average molecular weight is 311 g/mol. The Bertz CT molecular complexity index is 416. The summed E-state index contributed by atoms with van der Waals surface area (Å²) in [5.41, 5.74) is 0.885. The number of halogens is 4. The molecular formula is C11H10BrF3O2. The van der Waals surface area contributed by atoms with Crippen molar-refractivity contribution in [3.05, 3.63) is 29.3 Å². The lowest BCUT2D eigenvalue weighted by Crippen LogP contribution is -2.18. The van der Waals surface area contributed by atoms with Crippen LogP contribution in [0.5, 0.6) is 5.75 Å². The van der Waals surface area contributed by atoms with E-state index >= 15 is 0 Å². The summed E-state index contributed by atoms with van der Waals surface area (Å²) in [7, 11) is 0. The second-order valence-electron chi connectivity index (χ2n) is 3.50. The fourth-order valence-electron chi connectivity index (χ4n) is 1.32. The van der Waals surface area contributed by atoms with Crippen LogP contribution in [0, 0.1) is 0 Å². The minimum absolute atomic E-state index is 0.0754. The highest BCUT2D eigenvalue weighted by molar-refractivity contribution is 9.08. The Morgan fingerprint density at radius 3 is 2.53 bits per heavy atom. The minimum Gasteiger partial charge on any atom is -0.405 e. The number of hydrogen-bond acceptors (Lipinski definition) is 2. The zero-order chi connectivity index (χ0) is 13.1. The van der Waals surface area contributed by atoms with Gasteiger partial charge in [-0.2, -0.15) is 0 Å². The van der Waals surface area contributed by atoms with E-state index in [0.29, 0.717) is 10.9 Å². The predicted octanol–water partition coefficient (Wildman–Crippen LogP) is 3.61. The van der Waals surface area contributed by atoms with Crippen molar-refractivity contribution < 1.29 is 22.7 Å². The monoisotopic (exact) mass is 310 g/mol. The number of ether oxygens (including phenoxy) is 1. The van der Waals surface area contributed by atoms with Crippen LogP contribution >= 0.6 is 15.9 Å². The molecule has 0 saturated carbocycles. The van der Waals surface area contributed by atoms with E-state index < -0.39 is 6.36 Å². The Labute approximate surface area is 105 Å². The largest absolute Gasteiger partial charge is 0.573 e. The van der Waals surface area contributed by atoms with Crippen molar-refractivity contribution in [1.82, 2.24) is 0 Å². The van der Waals surface area contributed by atoms with Crippen LogP contribution in [0.4, 0.5) is 13.2 Å². The highest BCUT2D eigenvalue weighted by atomic mass is 79.9. The molecule has 0 radical (unpaired) electrons. The molecule has 0 N–H and O–H groups in total. The van der Waals surface area contributed by atoms with E-state index in [2.05, 4.69) is 20.7 Å². The molecule has 0 fully saturated rings. The Morgan fingerprint density at radius 2 is 2.06 bits per heavy atom. The third-order valence-corrected chi connectivity index (χ3v) is 2.60. The summed E-state index contributed by atoms with van der Waals surface area (Å²) in [5.74, 6) is -0.534. The lowest BCUT2D eigenvalue weighted by Gasteiger charge is -2.13. The molecule has 0 aliphatic rings. The van der Waals surface area contributed by atoms with Crippen LogP contribution in [-0.2, 0) is 16.5 Å². The first kappa shape index (κ1) is 14.0. The molecule has 0 aromatic heterocycles. The Morgan fingerprint density at radius 1 is 1.41 bits per heavy atom. The number of Topliss-reactive ketones (excluding diaryl/α,β-unsaturated/α-hetero) is 1. The van der Waals surface area contributed by atoms with Gasteiger partial charge < -0.3 is 4.74 Å². The smallest absolute Gasteiger partial charge is 0.405 e. The molecular weight excluding hydrogens is 301 g/mol.